The molecule has 2 rings (SSSR count). The highest BCUT2D eigenvalue weighted by Crippen LogP contribution is 2.29. The molecule has 0 radical (unpaired) electrons. The van der Waals surface area contributed by atoms with E-state index in [4.69, 9.17) is 4.74 Å². The largest absolute Gasteiger partial charge is 0.379 e. The van der Waals surface area contributed by atoms with Gasteiger partial charge < -0.3 is 10.1 Å². The summed E-state index contributed by atoms with van der Waals surface area (Å²) in [6.07, 6.45) is 0. The summed E-state index contributed by atoms with van der Waals surface area (Å²) in [6, 6.07) is 6.75. The second kappa shape index (κ2) is 5.71. The summed E-state index contributed by atoms with van der Waals surface area (Å²) < 4.78 is 5.18. The topological polar surface area (TPSA) is 21.3 Å². The van der Waals surface area contributed by atoms with E-state index in [1.165, 1.54) is 16.0 Å². The van der Waals surface area contributed by atoms with Gasteiger partial charge in [-0.3, -0.25) is 0 Å². The van der Waals surface area contributed by atoms with Crippen LogP contribution in [0.1, 0.15) is 18.1 Å². The van der Waals surface area contributed by atoms with E-state index >= 15 is 0 Å². The van der Waals surface area contributed by atoms with Gasteiger partial charge in [-0.25, -0.2) is 0 Å². The van der Waals surface area contributed by atoms with Crippen molar-refractivity contribution in [3.63, 3.8) is 0 Å². The van der Waals surface area contributed by atoms with Gasteiger partial charge in [0.2, 0.25) is 0 Å². The molecule has 1 heterocycles. The number of benzene rings is 1. The Morgan fingerprint density at radius 1 is 1.44 bits per heavy atom. The average molecular weight is 237 g/mol. The highest BCUT2D eigenvalue weighted by atomic mass is 32.2. The number of rotatable bonds is 5. The zero-order valence-corrected chi connectivity index (χ0v) is 10.8. The van der Waals surface area contributed by atoms with E-state index in [2.05, 4.69) is 37.4 Å². The van der Waals surface area contributed by atoms with Crippen molar-refractivity contribution in [1.29, 1.82) is 0 Å². The van der Waals surface area contributed by atoms with E-state index in [9.17, 15) is 0 Å². The van der Waals surface area contributed by atoms with Crippen LogP contribution in [-0.4, -0.2) is 25.0 Å². The normalized spacial score (nSPS) is 16.1. The second-order valence-corrected chi connectivity index (χ2v) is 5.52. The molecular weight excluding hydrogens is 218 g/mol. The molecule has 0 atom stereocenters. The van der Waals surface area contributed by atoms with E-state index in [-0.39, 0.29) is 0 Å². The summed E-state index contributed by atoms with van der Waals surface area (Å²) >= 11 is 1.93. The molecular formula is C13H19NOS. The third-order valence-electron chi connectivity index (χ3n) is 2.79. The molecule has 1 aliphatic heterocycles. The monoisotopic (exact) mass is 237 g/mol. The maximum atomic E-state index is 5.18. The van der Waals surface area contributed by atoms with Gasteiger partial charge in [-0.15, -0.1) is 11.8 Å². The van der Waals surface area contributed by atoms with Crippen LogP contribution < -0.4 is 5.32 Å². The highest BCUT2D eigenvalue weighted by Gasteiger charge is 2.19. The Morgan fingerprint density at radius 3 is 2.81 bits per heavy atom. The molecule has 0 bridgehead atoms. The van der Waals surface area contributed by atoms with E-state index in [0.29, 0.717) is 5.25 Å². The van der Waals surface area contributed by atoms with Crippen molar-refractivity contribution in [3.05, 3.63) is 29.3 Å². The third kappa shape index (κ3) is 3.00. The summed E-state index contributed by atoms with van der Waals surface area (Å²) in [5.74, 6) is 0. The molecule has 1 fully saturated rings. The fraction of sp³-hybridized carbons (Fsp3) is 0.538. The first-order valence-corrected chi connectivity index (χ1v) is 6.72. The van der Waals surface area contributed by atoms with E-state index < -0.39 is 0 Å². The SMILES string of the molecule is CCNCc1ccc(SC2COC2)cc1C. The average Bonchev–Trinajstić information content (AvgIpc) is 2.22. The maximum Gasteiger partial charge on any atom is 0.0611 e. The number of nitrogens with one attached hydrogen (secondary N) is 1. The van der Waals surface area contributed by atoms with Gasteiger partial charge in [-0.05, 0) is 36.7 Å². The fourth-order valence-electron chi connectivity index (χ4n) is 1.67. The van der Waals surface area contributed by atoms with Gasteiger partial charge in [0.1, 0.15) is 0 Å². The minimum Gasteiger partial charge on any atom is -0.379 e. The smallest absolute Gasteiger partial charge is 0.0611 e. The predicted molar refractivity (Wildman–Crippen MR) is 69.0 cm³/mol. The van der Waals surface area contributed by atoms with Crippen molar-refractivity contribution in [3.8, 4) is 0 Å². The second-order valence-electron chi connectivity index (χ2n) is 4.15. The van der Waals surface area contributed by atoms with Gasteiger partial charge in [-0.2, -0.15) is 0 Å². The summed E-state index contributed by atoms with van der Waals surface area (Å²) in [4.78, 5) is 1.37. The quantitative estimate of drug-likeness (QED) is 0.850. The Morgan fingerprint density at radius 2 is 2.25 bits per heavy atom. The van der Waals surface area contributed by atoms with Gasteiger partial charge in [-0.1, -0.05) is 13.0 Å². The lowest BCUT2D eigenvalue weighted by atomic mass is 10.1. The molecule has 2 nitrogen and oxygen atoms in total. The fourth-order valence-corrected chi connectivity index (χ4v) is 2.78. The Kier molecular flexibility index (Phi) is 4.27. The molecule has 1 aromatic carbocycles. The lowest BCUT2D eigenvalue weighted by molar-refractivity contribution is 0.0455. The summed E-state index contributed by atoms with van der Waals surface area (Å²) in [5.41, 5.74) is 2.78. The Balaban J connectivity index is 1.97. The van der Waals surface area contributed by atoms with Gasteiger partial charge in [0.15, 0.2) is 0 Å². The molecule has 88 valence electrons. The van der Waals surface area contributed by atoms with E-state index in [1.807, 2.05) is 11.8 Å². The van der Waals surface area contributed by atoms with Crippen molar-refractivity contribution in [1.82, 2.24) is 5.32 Å². The molecule has 0 aliphatic carbocycles. The third-order valence-corrected chi connectivity index (χ3v) is 3.92. The van der Waals surface area contributed by atoms with Crippen LogP contribution in [-0.2, 0) is 11.3 Å². The molecule has 1 aromatic rings. The lowest BCUT2D eigenvalue weighted by Crippen LogP contribution is -2.30. The van der Waals surface area contributed by atoms with Crippen molar-refractivity contribution in [2.75, 3.05) is 19.8 Å². The Bertz CT molecular complexity index is 350. The van der Waals surface area contributed by atoms with Crippen LogP contribution in [0.15, 0.2) is 23.1 Å². The Hall–Kier alpha value is -0.510. The van der Waals surface area contributed by atoms with Crippen LogP contribution in [0.4, 0.5) is 0 Å². The van der Waals surface area contributed by atoms with E-state index in [1.54, 1.807) is 0 Å². The molecule has 0 unspecified atom stereocenters. The van der Waals surface area contributed by atoms with Crippen molar-refractivity contribution in [2.45, 2.75) is 30.5 Å². The van der Waals surface area contributed by atoms with Crippen LogP contribution in [0.2, 0.25) is 0 Å². The molecule has 0 aromatic heterocycles. The van der Waals surface area contributed by atoms with Crippen LogP contribution >= 0.6 is 11.8 Å². The maximum absolute atomic E-state index is 5.18. The number of hydrogen-bond acceptors (Lipinski definition) is 3. The first kappa shape index (κ1) is 12.0. The molecule has 1 aliphatic rings. The van der Waals surface area contributed by atoms with Gasteiger partial charge in [0, 0.05) is 11.4 Å². The molecule has 0 amide bonds. The first-order valence-electron chi connectivity index (χ1n) is 5.84. The van der Waals surface area contributed by atoms with Crippen molar-refractivity contribution in [2.24, 2.45) is 0 Å². The highest BCUT2D eigenvalue weighted by molar-refractivity contribution is 8.00. The molecule has 16 heavy (non-hydrogen) atoms. The Labute approximate surface area is 102 Å². The van der Waals surface area contributed by atoms with Crippen LogP contribution in [0.5, 0.6) is 0 Å². The molecule has 1 saturated heterocycles. The summed E-state index contributed by atoms with van der Waals surface area (Å²) in [7, 11) is 0. The van der Waals surface area contributed by atoms with Crippen LogP contribution in [0, 0.1) is 6.92 Å². The summed E-state index contributed by atoms with van der Waals surface area (Å²) in [5, 5.41) is 4.03. The number of hydrogen-bond donors (Lipinski definition) is 1. The van der Waals surface area contributed by atoms with Crippen LogP contribution in [0.3, 0.4) is 0 Å². The lowest BCUT2D eigenvalue weighted by Gasteiger charge is -2.25. The standard InChI is InChI=1S/C13H19NOS/c1-3-14-7-11-4-5-12(6-10(11)2)16-13-8-15-9-13/h4-6,13-14H,3,7-9H2,1-2H3. The molecule has 1 N–H and O–H groups in total. The number of aryl methyl sites for hydroxylation is 1. The zero-order chi connectivity index (χ0) is 11.4. The molecule has 3 heteroatoms. The molecule has 0 saturated carbocycles. The van der Waals surface area contributed by atoms with Gasteiger partial charge in [0.25, 0.3) is 0 Å². The van der Waals surface area contributed by atoms with Gasteiger partial charge in [0.05, 0.1) is 18.5 Å². The van der Waals surface area contributed by atoms with E-state index in [0.717, 1.165) is 26.3 Å². The van der Waals surface area contributed by atoms with Crippen LogP contribution in [0.25, 0.3) is 0 Å². The first-order chi connectivity index (χ1) is 7.79. The molecule has 0 spiro atoms. The van der Waals surface area contributed by atoms with Crippen molar-refractivity contribution >= 4 is 11.8 Å². The predicted octanol–water partition coefficient (Wildman–Crippen LogP) is 2.60. The minimum atomic E-state index is 0.666. The number of thioether (sulfide) groups is 1. The number of ether oxygens (including phenoxy) is 1. The zero-order valence-electron chi connectivity index (χ0n) is 9.95. The van der Waals surface area contributed by atoms with Crippen molar-refractivity contribution < 1.29 is 4.74 Å². The minimum absolute atomic E-state index is 0.666. The van der Waals surface area contributed by atoms with Gasteiger partial charge >= 0.3 is 0 Å². The summed E-state index contributed by atoms with van der Waals surface area (Å²) in [6.45, 7) is 8.13.